The normalized spacial score (nSPS) is 13.3. The van der Waals surface area contributed by atoms with Crippen molar-refractivity contribution in [1.29, 1.82) is 0 Å². The summed E-state index contributed by atoms with van der Waals surface area (Å²) in [5.41, 5.74) is 1.03. The first-order valence-corrected chi connectivity index (χ1v) is 6.97. The Kier molecular flexibility index (Phi) is 4.86. The van der Waals surface area contributed by atoms with Crippen molar-refractivity contribution in [2.45, 2.75) is 24.3 Å². The van der Waals surface area contributed by atoms with Gasteiger partial charge in [-0.1, -0.05) is 18.2 Å². The van der Waals surface area contributed by atoms with Crippen molar-refractivity contribution in [2.75, 3.05) is 6.54 Å². The summed E-state index contributed by atoms with van der Waals surface area (Å²) in [5.74, 6) is 0. The summed E-state index contributed by atoms with van der Waals surface area (Å²) in [6.07, 6.45) is 2.75. The molecule has 0 aliphatic rings. The maximum absolute atomic E-state index is 11.1. The molecule has 0 heterocycles. The maximum Gasteiger partial charge on any atom is 0.238 e. The summed E-state index contributed by atoms with van der Waals surface area (Å²) >= 11 is 0. The van der Waals surface area contributed by atoms with Gasteiger partial charge in [-0.2, -0.15) is 0 Å². The van der Waals surface area contributed by atoms with E-state index in [1.807, 2.05) is 13.0 Å². The molecule has 4 nitrogen and oxygen atoms in total. The van der Waals surface area contributed by atoms with E-state index in [0.717, 1.165) is 18.5 Å². The van der Waals surface area contributed by atoms with E-state index in [0.29, 0.717) is 0 Å². The molecule has 0 aliphatic heterocycles. The third-order valence-electron chi connectivity index (χ3n) is 2.51. The van der Waals surface area contributed by atoms with Crippen LogP contribution in [0.25, 0.3) is 0 Å². The molecule has 0 spiro atoms. The monoisotopic (exact) mass is 254 g/mol. The van der Waals surface area contributed by atoms with Crippen LogP contribution < -0.4 is 10.5 Å². The fraction of sp³-hybridized carbons (Fsp3) is 0.333. The summed E-state index contributed by atoms with van der Waals surface area (Å²) in [6, 6.07) is 6.76. The standard InChI is InChI=1S/C12H18N2O2S/c1-3-4-9-14-10(2)11-5-7-12(8-6-11)17(13,15)16/h3,5-8,10,14H,1,4,9H2,2H3,(H2,13,15,16). The van der Waals surface area contributed by atoms with E-state index in [1.165, 1.54) is 12.1 Å². The van der Waals surface area contributed by atoms with Crippen molar-refractivity contribution in [3.05, 3.63) is 42.5 Å². The SMILES string of the molecule is C=CCCNC(C)c1ccc(S(N)(=O)=O)cc1. The molecule has 1 rings (SSSR count). The van der Waals surface area contributed by atoms with Crippen molar-refractivity contribution in [3.63, 3.8) is 0 Å². The largest absolute Gasteiger partial charge is 0.310 e. The van der Waals surface area contributed by atoms with Crippen LogP contribution in [0.15, 0.2) is 41.8 Å². The van der Waals surface area contributed by atoms with E-state index in [-0.39, 0.29) is 10.9 Å². The molecule has 0 radical (unpaired) electrons. The molecule has 3 N–H and O–H groups in total. The average Bonchev–Trinajstić information content (AvgIpc) is 2.28. The first kappa shape index (κ1) is 13.9. The Labute approximate surface area is 103 Å². The van der Waals surface area contributed by atoms with E-state index in [4.69, 9.17) is 5.14 Å². The topological polar surface area (TPSA) is 72.2 Å². The van der Waals surface area contributed by atoms with E-state index >= 15 is 0 Å². The molecule has 94 valence electrons. The Hall–Kier alpha value is -1.17. The molecular formula is C12H18N2O2S. The van der Waals surface area contributed by atoms with Crippen molar-refractivity contribution in [1.82, 2.24) is 5.32 Å². The van der Waals surface area contributed by atoms with E-state index < -0.39 is 10.0 Å². The van der Waals surface area contributed by atoms with Gasteiger partial charge in [0.15, 0.2) is 0 Å². The summed E-state index contributed by atoms with van der Waals surface area (Å²) < 4.78 is 22.2. The van der Waals surface area contributed by atoms with E-state index in [9.17, 15) is 8.42 Å². The molecule has 1 unspecified atom stereocenters. The van der Waals surface area contributed by atoms with Gasteiger partial charge in [0.05, 0.1) is 4.90 Å². The molecule has 0 bridgehead atoms. The highest BCUT2D eigenvalue weighted by molar-refractivity contribution is 7.89. The molecule has 0 amide bonds. The minimum Gasteiger partial charge on any atom is -0.310 e. The van der Waals surface area contributed by atoms with Crippen LogP contribution in [0.1, 0.15) is 24.9 Å². The molecule has 0 aliphatic carbocycles. The summed E-state index contributed by atoms with van der Waals surface area (Å²) in [4.78, 5) is 0.138. The van der Waals surface area contributed by atoms with Crippen LogP contribution in [0.5, 0.6) is 0 Å². The molecule has 5 heteroatoms. The highest BCUT2D eigenvalue weighted by Gasteiger charge is 2.09. The lowest BCUT2D eigenvalue weighted by Crippen LogP contribution is -2.19. The molecular weight excluding hydrogens is 236 g/mol. The number of primary sulfonamides is 1. The quantitative estimate of drug-likeness (QED) is 0.598. The number of hydrogen-bond donors (Lipinski definition) is 2. The lowest BCUT2D eigenvalue weighted by Gasteiger charge is -2.13. The predicted octanol–water partition coefficient (Wildman–Crippen LogP) is 1.56. The van der Waals surface area contributed by atoms with Gasteiger partial charge < -0.3 is 5.32 Å². The molecule has 1 atom stereocenters. The summed E-state index contributed by atoms with van der Waals surface area (Å²) in [6.45, 7) is 6.52. The number of benzene rings is 1. The van der Waals surface area contributed by atoms with Crippen LogP contribution in [0.4, 0.5) is 0 Å². The molecule has 1 aromatic carbocycles. The Balaban J connectivity index is 2.70. The fourth-order valence-electron chi connectivity index (χ4n) is 1.47. The number of rotatable bonds is 6. The van der Waals surface area contributed by atoms with Gasteiger partial charge in [0, 0.05) is 6.04 Å². The van der Waals surface area contributed by atoms with E-state index in [2.05, 4.69) is 11.9 Å². The predicted molar refractivity (Wildman–Crippen MR) is 69.0 cm³/mol. The number of sulfonamides is 1. The van der Waals surface area contributed by atoms with Crippen LogP contribution in [-0.2, 0) is 10.0 Å². The zero-order valence-electron chi connectivity index (χ0n) is 9.89. The molecule has 17 heavy (non-hydrogen) atoms. The van der Waals surface area contributed by atoms with Gasteiger partial charge in [-0.3, -0.25) is 0 Å². The Bertz CT molecular complexity index is 466. The minimum atomic E-state index is -3.60. The highest BCUT2D eigenvalue weighted by Crippen LogP contribution is 2.15. The lowest BCUT2D eigenvalue weighted by atomic mass is 10.1. The molecule has 1 aromatic rings. The van der Waals surface area contributed by atoms with Gasteiger partial charge in [0.25, 0.3) is 0 Å². The summed E-state index contributed by atoms with van der Waals surface area (Å²) in [7, 11) is -3.60. The Morgan fingerprint density at radius 3 is 2.47 bits per heavy atom. The van der Waals surface area contributed by atoms with Crippen LogP contribution in [0.2, 0.25) is 0 Å². The number of hydrogen-bond acceptors (Lipinski definition) is 3. The maximum atomic E-state index is 11.1. The number of nitrogens with two attached hydrogens (primary N) is 1. The van der Waals surface area contributed by atoms with Crippen LogP contribution in [-0.4, -0.2) is 15.0 Å². The Morgan fingerprint density at radius 2 is 2.00 bits per heavy atom. The van der Waals surface area contributed by atoms with Crippen LogP contribution in [0, 0.1) is 0 Å². The van der Waals surface area contributed by atoms with Gasteiger partial charge >= 0.3 is 0 Å². The van der Waals surface area contributed by atoms with Gasteiger partial charge in [-0.05, 0) is 37.6 Å². The van der Waals surface area contributed by atoms with Crippen LogP contribution in [0.3, 0.4) is 0 Å². The second-order valence-corrected chi connectivity index (χ2v) is 5.43. The zero-order valence-corrected chi connectivity index (χ0v) is 10.7. The van der Waals surface area contributed by atoms with Crippen molar-refractivity contribution < 1.29 is 8.42 Å². The van der Waals surface area contributed by atoms with Gasteiger partial charge in [0.2, 0.25) is 10.0 Å². The fourth-order valence-corrected chi connectivity index (χ4v) is 1.98. The van der Waals surface area contributed by atoms with Crippen molar-refractivity contribution in [3.8, 4) is 0 Å². The van der Waals surface area contributed by atoms with Gasteiger partial charge in [-0.15, -0.1) is 6.58 Å². The third kappa shape index (κ3) is 4.30. The smallest absolute Gasteiger partial charge is 0.238 e. The van der Waals surface area contributed by atoms with E-state index in [1.54, 1.807) is 12.1 Å². The zero-order chi connectivity index (χ0) is 12.9. The molecule has 0 aromatic heterocycles. The minimum absolute atomic E-state index is 0.138. The average molecular weight is 254 g/mol. The van der Waals surface area contributed by atoms with Gasteiger partial charge in [-0.25, -0.2) is 13.6 Å². The molecule has 0 saturated heterocycles. The second kappa shape index (κ2) is 5.95. The lowest BCUT2D eigenvalue weighted by molar-refractivity contribution is 0.580. The number of nitrogens with one attached hydrogen (secondary N) is 1. The third-order valence-corrected chi connectivity index (χ3v) is 3.44. The first-order valence-electron chi connectivity index (χ1n) is 5.42. The van der Waals surface area contributed by atoms with Crippen molar-refractivity contribution >= 4 is 10.0 Å². The molecule has 0 saturated carbocycles. The molecule has 0 fully saturated rings. The van der Waals surface area contributed by atoms with Crippen LogP contribution >= 0.6 is 0 Å². The Morgan fingerprint density at radius 1 is 1.41 bits per heavy atom. The highest BCUT2D eigenvalue weighted by atomic mass is 32.2. The summed E-state index contributed by atoms with van der Waals surface area (Å²) in [5, 5.41) is 8.33. The second-order valence-electron chi connectivity index (χ2n) is 3.87. The van der Waals surface area contributed by atoms with Crippen molar-refractivity contribution in [2.24, 2.45) is 5.14 Å². The first-order chi connectivity index (χ1) is 7.95. The van der Waals surface area contributed by atoms with Gasteiger partial charge in [0.1, 0.15) is 0 Å².